The number of aliphatic carboxylic acids is 1. The van der Waals surface area contributed by atoms with Gasteiger partial charge in [0.25, 0.3) is 5.91 Å². The first-order valence-corrected chi connectivity index (χ1v) is 14.2. The van der Waals surface area contributed by atoms with Crippen LogP contribution in [0.5, 0.6) is 0 Å². The van der Waals surface area contributed by atoms with Gasteiger partial charge in [0.1, 0.15) is 11.5 Å². The van der Waals surface area contributed by atoms with Crippen LogP contribution >= 0.6 is 0 Å². The minimum Gasteiger partial charge on any atom is -0.481 e. The molecule has 0 bridgehead atoms. The number of amides is 1. The second-order valence-electron chi connectivity index (χ2n) is 10.9. The van der Waals surface area contributed by atoms with Gasteiger partial charge in [-0.25, -0.2) is 4.39 Å². The van der Waals surface area contributed by atoms with Crippen molar-refractivity contribution in [2.45, 2.75) is 51.5 Å². The van der Waals surface area contributed by atoms with E-state index in [2.05, 4.69) is 0 Å². The van der Waals surface area contributed by atoms with E-state index in [-0.39, 0.29) is 18.4 Å². The topological polar surface area (TPSA) is 103 Å². The van der Waals surface area contributed by atoms with Crippen LogP contribution in [-0.4, -0.2) is 55.9 Å². The zero-order chi connectivity index (χ0) is 31.1. The smallest absolute Gasteiger partial charge is 0.305 e. The van der Waals surface area contributed by atoms with Crippen molar-refractivity contribution < 1.29 is 29.3 Å². The normalized spacial score (nSPS) is 12.9. The van der Waals surface area contributed by atoms with E-state index in [1.54, 1.807) is 30.2 Å². The third kappa shape index (κ3) is 7.66. The maximum Gasteiger partial charge on any atom is 0.305 e. The number of nitrogens with zero attached hydrogens (tertiary/aromatic N) is 2. The maximum absolute atomic E-state index is 14.4. The molecule has 0 aliphatic rings. The maximum atomic E-state index is 14.4. The van der Waals surface area contributed by atoms with Crippen molar-refractivity contribution in [3.63, 3.8) is 0 Å². The molecular weight excluding hydrogens is 547 g/mol. The number of aromatic nitrogens is 1. The molecule has 2 atom stereocenters. The molecule has 0 saturated carbocycles. The number of aliphatic hydroxyl groups is 2. The van der Waals surface area contributed by atoms with Gasteiger partial charge in [-0.3, -0.25) is 9.59 Å². The summed E-state index contributed by atoms with van der Waals surface area (Å²) in [6, 6.07) is 25.1. The van der Waals surface area contributed by atoms with Crippen LogP contribution < -0.4 is 0 Å². The van der Waals surface area contributed by atoms with E-state index in [1.165, 1.54) is 18.2 Å². The van der Waals surface area contributed by atoms with Gasteiger partial charge in [-0.15, -0.1) is 0 Å². The van der Waals surface area contributed by atoms with Crippen molar-refractivity contribution >= 4 is 18.0 Å². The van der Waals surface area contributed by atoms with Gasteiger partial charge in [0.2, 0.25) is 0 Å². The molecule has 4 aromatic rings. The summed E-state index contributed by atoms with van der Waals surface area (Å²) < 4.78 is 16.0. The predicted molar refractivity (Wildman–Crippen MR) is 166 cm³/mol. The Morgan fingerprint density at radius 1 is 0.884 bits per heavy atom. The van der Waals surface area contributed by atoms with Gasteiger partial charge in [0, 0.05) is 42.9 Å². The van der Waals surface area contributed by atoms with Crippen LogP contribution in [0.4, 0.5) is 4.39 Å². The van der Waals surface area contributed by atoms with E-state index in [0.29, 0.717) is 34.6 Å². The molecule has 0 radical (unpaired) electrons. The van der Waals surface area contributed by atoms with Gasteiger partial charge >= 0.3 is 5.97 Å². The standard InChI is InChI=1S/C35H37FN2O5/c1-23(2)38-30(19-18-28(39)20-29(40)21-31(41)42)32(26-14-16-27(36)17-15-26)33(25-12-8-5-9-13-25)34(38)35(43)37(3)22-24-10-6-4-7-11-24/h4-19,23,28-29,39-40H,20-22H2,1-3H3,(H,41,42). The molecular formula is C35H37FN2O5. The first-order valence-electron chi connectivity index (χ1n) is 14.2. The SMILES string of the molecule is CC(C)n1c(C=CC(O)CC(O)CC(=O)O)c(-c2ccc(F)cc2)c(-c2ccccc2)c1C(=O)N(C)Cc1ccccc1. The third-order valence-corrected chi connectivity index (χ3v) is 7.17. The highest BCUT2D eigenvalue weighted by Crippen LogP contribution is 2.43. The van der Waals surface area contributed by atoms with Gasteiger partial charge in [0.15, 0.2) is 0 Å². The summed E-state index contributed by atoms with van der Waals surface area (Å²) in [6.07, 6.45) is 0.146. The van der Waals surface area contributed by atoms with Crippen molar-refractivity contribution in [3.8, 4) is 22.3 Å². The number of halogens is 1. The molecule has 1 heterocycles. The fourth-order valence-electron chi connectivity index (χ4n) is 5.27. The van der Waals surface area contributed by atoms with Crippen LogP contribution in [0.25, 0.3) is 28.3 Å². The van der Waals surface area contributed by atoms with Crippen molar-refractivity contribution in [3.05, 3.63) is 114 Å². The Morgan fingerprint density at radius 3 is 2.05 bits per heavy atom. The van der Waals surface area contributed by atoms with E-state index >= 15 is 0 Å². The molecule has 1 amide bonds. The fraction of sp³-hybridized carbons (Fsp3) is 0.257. The second kappa shape index (κ2) is 14.1. The lowest BCUT2D eigenvalue weighted by Crippen LogP contribution is -2.29. The number of carboxylic acids is 1. The van der Waals surface area contributed by atoms with Crippen LogP contribution in [0, 0.1) is 5.82 Å². The van der Waals surface area contributed by atoms with Crippen molar-refractivity contribution in [2.75, 3.05) is 7.05 Å². The van der Waals surface area contributed by atoms with Gasteiger partial charge < -0.3 is 24.8 Å². The Hall–Kier alpha value is -4.53. The number of hydrogen-bond donors (Lipinski definition) is 3. The highest BCUT2D eigenvalue weighted by Gasteiger charge is 2.31. The zero-order valence-corrected chi connectivity index (χ0v) is 24.5. The fourth-order valence-corrected chi connectivity index (χ4v) is 5.27. The molecule has 0 aliphatic heterocycles. The number of hydrogen-bond acceptors (Lipinski definition) is 4. The van der Waals surface area contributed by atoms with Crippen LogP contribution in [-0.2, 0) is 11.3 Å². The lowest BCUT2D eigenvalue weighted by Gasteiger charge is -2.22. The Morgan fingerprint density at radius 2 is 1.47 bits per heavy atom. The van der Waals surface area contributed by atoms with Gasteiger partial charge in [-0.05, 0) is 48.7 Å². The molecule has 4 rings (SSSR count). The van der Waals surface area contributed by atoms with E-state index in [4.69, 9.17) is 5.11 Å². The lowest BCUT2D eigenvalue weighted by atomic mass is 9.94. The minimum absolute atomic E-state index is 0.172. The number of carboxylic acid groups (broad SMARTS) is 1. The number of carbonyl (C=O) groups excluding carboxylic acids is 1. The molecule has 43 heavy (non-hydrogen) atoms. The molecule has 2 unspecified atom stereocenters. The second-order valence-corrected chi connectivity index (χ2v) is 10.9. The number of benzene rings is 3. The number of rotatable bonds is 12. The quantitative estimate of drug-likeness (QED) is 0.179. The van der Waals surface area contributed by atoms with E-state index in [9.17, 15) is 24.2 Å². The highest BCUT2D eigenvalue weighted by atomic mass is 19.1. The van der Waals surface area contributed by atoms with Gasteiger partial charge in [-0.1, -0.05) is 78.9 Å². The predicted octanol–water partition coefficient (Wildman–Crippen LogP) is 6.41. The summed E-state index contributed by atoms with van der Waals surface area (Å²) >= 11 is 0. The van der Waals surface area contributed by atoms with E-state index < -0.39 is 30.4 Å². The van der Waals surface area contributed by atoms with Crippen LogP contribution in [0.2, 0.25) is 0 Å². The molecule has 224 valence electrons. The largest absolute Gasteiger partial charge is 0.481 e. The molecule has 3 N–H and O–H groups in total. The Bertz CT molecular complexity index is 1560. The van der Waals surface area contributed by atoms with Crippen LogP contribution in [0.3, 0.4) is 0 Å². The Kier molecular flexibility index (Phi) is 10.3. The number of aliphatic hydroxyl groups excluding tert-OH is 2. The molecule has 0 aliphatic carbocycles. The van der Waals surface area contributed by atoms with Gasteiger partial charge in [-0.2, -0.15) is 0 Å². The summed E-state index contributed by atoms with van der Waals surface area (Å²) in [7, 11) is 1.75. The molecule has 1 aromatic heterocycles. The molecule has 0 spiro atoms. The van der Waals surface area contributed by atoms with Crippen molar-refractivity contribution in [2.24, 2.45) is 0 Å². The van der Waals surface area contributed by atoms with Gasteiger partial charge in [0.05, 0.1) is 18.6 Å². The van der Waals surface area contributed by atoms with E-state index in [0.717, 1.165) is 11.1 Å². The molecule has 3 aromatic carbocycles. The third-order valence-electron chi connectivity index (χ3n) is 7.17. The minimum atomic E-state index is -1.23. The monoisotopic (exact) mass is 584 g/mol. The molecule has 0 fully saturated rings. The lowest BCUT2D eigenvalue weighted by molar-refractivity contribution is -0.139. The molecule has 8 heteroatoms. The first kappa shape index (κ1) is 31.4. The average Bonchev–Trinajstić information content (AvgIpc) is 3.32. The number of carbonyl (C=O) groups is 2. The van der Waals surface area contributed by atoms with Crippen LogP contribution in [0.15, 0.2) is 91.0 Å². The summed E-state index contributed by atoms with van der Waals surface area (Å²) in [4.78, 5) is 27.0. The molecule has 0 saturated heterocycles. The van der Waals surface area contributed by atoms with Crippen molar-refractivity contribution in [1.82, 2.24) is 9.47 Å². The Labute approximate surface area is 251 Å². The highest BCUT2D eigenvalue weighted by molar-refractivity contribution is 6.06. The zero-order valence-electron chi connectivity index (χ0n) is 24.5. The molecule has 7 nitrogen and oxygen atoms in total. The Balaban J connectivity index is 1.95. The average molecular weight is 585 g/mol. The summed E-state index contributed by atoms with van der Waals surface area (Å²) in [5, 5.41) is 29.8. The summed E-state index contributed by atoms with van der Waals surface area (Å²) in [5.74, 6) is -1.77. The van der Waals surface area contributed by atoms with Crippen LogP contribution in [0.1, 0.15) is 54.5 Å². The summed E-state index contributed by atoms with van der Waals surface area (Å²) in [5.41, 5.74) is 4.87. The summed E-state index contributed by atoms with van der Waals surface area (Å²) in [6.45, 7) is 4.30. The van der Waals surface area contributed by atoms with E-state index in [1.807, 2.05) is 79.1 Å². The first-order chi connectivity index (χ1) is 20.6. The van der Waals surface area contributed by atoms with Crippen molar-refractivity contribution in [1.29, 1.82) is 0 Å².